The molecule has 1 N–H and O–H groups in total. The molecule has 7 nitrogen and oxygen atoms in total. The van der Waals surface area contributed by atoms with Gasteiger partial charge in [0.2, 0.25) is 5.91 Å². The first-order chi connectivity index (χ1) is 13.9. The standard InChI is InChI=1S/C21H24N4O3S/c1-14-17(15(2)25(23-14)16-8-6-5-7-9-16)12-24(3)13-19(26)22-18-10-11-29-20(18)21(27)28-4/h5-11H,12-13H2,1-4H3,(H,22,26). The van der Waals surface area contributed by atoms with Crippen LogP contribution in [0.4, 0.5) is 5.69 Å². The molecule has 0 unspecified atom stereocenters. The highest BCUT2D eigenvalue weighted by atomic mass is 32.1. The van der Waals surface area contributed by atoms with Crippen LogP contribution in [0.1, 0.15) is 26.6 Å². The third-order valence-electron chi connectivity index (χ3n) is 4.59. The summed E-state index contributed by atoms with van der Waals surface area (Å²) in [5, 5.41) is 9.19. The third kappa shape index (κ3) is 4.72. The number of thiophene rings is 1. The van der Waals surface area contributed by atoms with Gasteiger partial charge in [-0.3, -0.25) is 9.69 Å². The van der Waals surface area contributed by atoms with Crippen molar-refractivity contribution in [1.29, 1.82) is 0 Å². The minimum absolute atomic E-state index is 0.186. The van der Waals surface area contributed by atoms with Gasteiger partial charge in [0, 0.05) is 17.8 Å². The molecule has 0 atom stereocenters. The molecule has 0 radical (unpaired) electrons. The number of carbonyl (C=O) groups is 2. The van der Waals surface area contributed by atoms with Crippen molar-refractivity contribution < 1.29 is 14.3 Å². The van der Waals surface area contributed by atoms with Gasteiger partial charge in [-0.05, 0) is 44.5 Å². The SMILES string of the molecule is COC(=O)c1sccc1NC(=O)CN(C)Cc1c(C)nn(-c2ccccc2)c1C. The highest BCUT2D eigenvalue weighted by Crippen LogP contribution is 2.23. The molecule has 1 amide bonds. The molecule has 0 spiro atoms. The fraction of sp³-hybridized carbons (Fsp3) is 0.286. The second kappa shape index (κ2) is 9.02. The summed E-state index contributed by atoms with van der Waals surface area (Å²) in [6.45, 7) is 4.78. The van der Waals surface area contributed by atoms with Gasteiger partial charge in [-0.2, -0.15) is 5.10 Å². The number of carbonyl (C=O) groups excluding carboxylic acids is 2. The van der Waals surface area contributed by atoms with Gasteiger partial charge in [0.05, 0.1) is 30.7 Å². The van der Waals surface area contributed by atoms with Gasteiger partial charge in [0.15, 0.2) is 0 Å². The predicted octanol–water partition coefficient (Wildman–Crippen LogP) is 3.41. The van der Waals surface area contributed by atoms with E-state index in [4.69, 9.17) is 4.74 Å². The summed E-state index contributed by atoms with van der Waals surface area (Å²) < 4.78 is 6.67. The lowest BCUT2D eigenvalue weighted by molar-refractivity contribution is -0.117. The maximum absolute atomic E-state index is 12.4. The Morgan fingerprint density at radius 2 is 1.93 bits per heavy atom. The minimum Gasteiger partial charge on any atom is -0.465 e. The van der Waals surface area contributed by atoms with Crippen LogP contribution in [0.15, 0.2) is 41.8 Å². The Morgan fingerprint density at radius 1 is 1.21 bits per heavy atom. The molecule has 0 bridgehead atoms. The first-order valence-corrected chi connectivity index (χ1v) is 10.0. The number of benzene rings is 1. The molecular weight excluding hydrogens is 388 g/mol. The molecule has 29 heavy (non-hydrogen) atoms. The van der Waals surface area contributed by atoms with Gasteiger partial charge in [-0.1, -0.05) is 18.2 Å². The number of aryl methyl sites for hydroxylation is 1. The van der Waals surface area contributed by atoms with Crippen molar-refractivity contribution in [3.8, 4) is 5.69 Å². The lowest BCUT2D eigenvalue weighted by Gasteiger charge is -2.17. The Kier molecular flexibility index (Phi) is 6.46. The number of methoxy groups -OCH3 is 1. The molecule has 2 heterocycles. The van der Waals surface area contributed by atoms with Crippen LogP contribution in [0.25, 0.3) is 5.69 Å². The number of hydrogen-bond acceptors (Lipinski definition) is 6. The van der Waals surface area contributed by atoms with E-state index in [0.29, 0.717) is 17.1 Å². The molecule has 0 fully saturated rings. The number of anilines is 1. The van der Waals surface area contributed by atoms with Crippen LogP contribution in [0.3, 0.4) is 0 Å². The summed E-state index contributed by atoms with van der Waals surface area (Å²) in [6.07, 6.45) is 0. The smallest absolute Gasteiger partial charge is 0.350 e. The summed E-state index contributed by atoms with van der Waals surface area (Å²) in [6, 6.07) is 11.7. The van der Waals surface area contributed by atoms with E-state index in [-0.39, 0.29) is 12.5 Å². The molecule has 3 aromatic rings. The van der Waals surface area contributed by atoms with E-state index in [2.05, 4.69) is 10.4 Å². The Bertz CT molecular complexity index is 1010. The molecule has 0 aliphatic rings. The zero-order valence-electron chi connectivity index (χ0n) is 16.9. The summed E-state index contributed by atoms with van der Waals surface area (Å²) in [5.74, 6) is -0.648. The first kappa shape index (κ1) is 20.8. The molecule has 0 aliphatic carbocycles. The Morgan fingerprint density at radius 3 is 2.62 bits per heavy atom. The summed E-state index contributed by atoms with van der Waals surface area (Å²) in [4.78, 5) is 26.5. The average molecular weight is 413 g/mol. The maximum atomic E-state index is 12.4. The van der Waals surface area contributed by atoms with Crippen molar-refractivity contribution in [2.45, 2.75) is 20.4 Å². The van der Waals surface area contributed by atoms with Gasteiger partial charge in [-0.15, -0.1) is 11.3 Å². The predicted molar refractivity (Wildman–Crippen MR) is 114 cm³/mol. The van der Waals surface area contributed by atoms with Crippen molar-refractivity contribution >= 4 is 28.9 Å². The monoisotopic (exact) mass is 412 g/mol. The van der Waals surface area contributed by atoms with Crippen molar-refractivity contribution in [1.82, 2.24) is 14.7 Å². The van der Waals surface area contributed by atoms with Crippen LogP contribution in [-0.4, -0.2) is 47.3 Å². The van der Waals surface area contributed by atoms with Crippen LogP contribution in [0.5, 0.6) is 0 Å². The molecule has 0 aliphatic heterocycles. The quantitative estimate of drug-likeness (QED) is 0.602. The number of para-hydroxylation sites is 1. The molecule has 0 saturated heterocycles. The van der Waals surface area contributed by atoms with E-state index in [1.54, 1.807) is 11.4 Å². The number of hydrogen-bond donors (Lipinski definition) is 1. The highest BCUT2D eigenvalue weighted by Gasteiger charge is 2.18. The van der Waals surface area contributed by atoms with Gasteiger partial charge in [0.1, 0.15) is 4.88 Å². The molecule has 152 valence electrons. The maximum Gasteiger partial charge on any atom is 0.350 e. The first-order valence-electron chi connectivity index (χ1n) is 9.15. The fourth-order valence-corrected chi connectivity index (χ4v) is 3.91. The normalized spacial score (nSPS) is 10.9. The second-order valence-electron chi connectivity index (χ2n) is 6.77. The van der Waals surface area contributed by atoms with Crippen LogP contribution in [0, 0.1) is 13.8 Å². The van der Waals surface area contributed by atoms with E-state index < -0.39 is 5.97 Å². The van der Waals surface area contributed by atoms with Crippen molar-refractivity contribution in [3.05, 3.63) is 63.6 Å². The van der Waals surface area contributed by atoms with Crippen LogP contribution < -0.4 is 5.32 Å². The van der Waals surface area contributed by atoms with E-state index >= 15 is 0 Å². The average Bonchev–Trinajstić information content (AvgIpc) is 3.27. The summed E-state index contributed by atoms with van der Waals surface area (Å²) in [5.41, 5.74) is 4.56. The van der Waals surface area contributed by atoms with Gasteiger partial charge in [0.25, 0.3) is 0 Å². The number of amides is 1. The lowest BCUT2D eigenvalue weighted by atomic mass is 10.2. The zero-order chi connectivity index (χ0) is 21.0. The lowest BCUT2D eigenvalue weighted by Crippen LogP contribution is -2.30. The molecule has 2 aromatic heterocycles. The van der Waals surface area contributed by atoms with E-state index in [1.165, 1.54) is 18.4 Å². The Balaban J connectivity index is 1.66. The second-order valence-corrected chi connectivity index (χ2v) is 7.69. The highest BCUT2D eigenvalue weighted by molar-refractivity contribution is 7.12. The number of nitrogens with zero attached hydrogens (tertiary/aromatic N) is 3. The minimum atomic E-state index is -0.455. The zero-order valence-corrected chi connectivity index (χ0v) is 17.7. The molecular formula is C21H24N4O3S. The topological polar surface area (TPSA) is 76.5 Å². The van der Waals surface area contributed by atoms with Crippen LogP contribution in [0.2, 0.25) is 0 Å². The van der Waals surface area contributed by atoms with E-state index in [0.717, 1.165) is 22.6 Å². The third-order valence-corrected chi connectivity index (χ3v) is 5.49. The molecule has 1 aromatic carbocycles. The molecule has 8 heteroatoms. The number of ether oxygens (including phenoxy) is 1. The number of esters is 1. The van der Waals surface area contributed by atoms with Crippen molar-refractivity contribution in [2.24, 2.45) is 0 Å². The van der Waals surface area contributed by atoms with E-state index in [1.807, 2.05) is 60.8 Å². The summed E-state index contributed by atoms with van der Waals surface area (Å²) in [7, 11) is 3.20. The largest absolute Gasteiger partial charge is 0.465 e. The summed E-state index contributed by atoms with van der Waals surface area (Å²) >= 11 is 1.24. The van der Waals surface area contributed by atoms with Crippen LogP contribution >= 0.6 is 11.3 Å². The van der Waals surface area contributed by atoms with Crippen molar-refractivity contribution in [3.63, 3.8) is 0 Å². The molecule has 0 saturated carbocycles. The van der Waals surface area contributed by atoms with Crippen LogP contribution in [-0.2, 0) is 16.1 Å². The number of aromatic nitrogens is 2. The van der Waals surface area contributed by atoms with Gasteiger partial charge >= 0.3 is 5.97 Å². The van der Waals surface area contributed by atoms with Crippen molar-refractivity contribution in [2.75, 3.05) is 26.0 Å². The number of rotatable bonds is 7. The number of likely N-dealkylation sites (N-methyl/N-ethyl adjacent to an activating group) is 1. The van der Waals surface area contributed by atoms with Gasteiger partial charge in [-0.25, -0.2) is 9.48 Å². The molecule has 3 rings (SSSR count). The van der Waals surface area contributed by atoms with Gasteiger partial charge < -0.3 is 10.1 Å². The fourth-order valence-electron chi connectivity index (χ4n) is 3.14. The Labute approximate surface area is 173 Å². The number of nitrogens with one attached hydrogen (secondary N) is 1. The Hall–Kier alpha value is -2.97. The van der Waals surface area contributed by atoms with E-state index in [9.17, 15) is 9.59 Å².